The molecule has 0 unspecified atom stereocenters. The predicted octanol–water partition coefficient (Wildman–Crippen LogP) is 2.25. The monoisotopic (exact) mass is 276 g/mol. The van der Waals surface area contributed by atoms with Crippen molar-refractivity contribution in [2.75, 3.05) is 13.2 Å². The standard InChI is InChI=1S/C15H17FN2O2/c16-12-6-13(10-19)18(8-12)9-14-7-17-15(20-14)11-4-2-1-3-5-11/h1-5,7,12-13,19H,6,8-10H2/t12-,13-/m0/s1. The number of oxazole rings is 1. The van der Waals surface area contributed by atoms with Gasteiger partial charge in [0, 0.05) is 18.2 Å². The molecule has 0 amide bonds. The van der Waals surface area contributed by atoms with Crippen LogP contribution in [0, 0.1) is 0 Å². The summed E-state index contributed by atoms with van der Waals surface area (Å²) in [5.74, 6) is 1.26. The molecule has 1 aliphatic heterocycles. The Labute approximate surface area is 116 Å². The molecular formula is C15H17FN2O2. The number of rotatable bonds is 4. The molecule has 2 aromatic rings. The summed E-state index contributed by atoms with van der Waals surface area (Å²) in [4.78, 5) is 6.15. The molecule has 1 aromatic carbocycles. The average molecular weight is 276 g/mol. The highest BCUT2D eigenvalue weighted by molar-refractivity contribution is 5.52. The number of nitrogens with zero attached hydrogens (tertiary/aromatic N) is 2. The molecule has 4 nitrogen and oxygen atoms in total. The van der Waals surface area contributed by atoms with Crippen molar-refractivity contribution >= 4 is 0 Å². The molecule has 2 heterocycles. The first-order chi connectivity index (χ1) is 9.76. The molecule has 1 aliphatic rings. The first kappa shape index (κ1) is 13.3. The summed E-state index contributed by atoms with van der Waals surface area (Å²) in [5, 5.41) is 9.26. The van der Waals surface area contributed by atoms with E-state index in [9.17, 15) is 9.50 Å². The average Bonchev–Trinajstić information content (AvgIpc) is 3.07. The van der Waals surface area contributed by atoms with Crippen molar-refractivity contribution in [2.24, 2.45) is 0 Å². The van der Waals surface area contributed by atoms with Crippen LogP contribution in [0.25, 0.3) is 11.5 Å². The van der Waals surface area contributed by atoms with Gasteiger partial charge >= 0.3 is 0 Å². The Balaban J connectivity index is 1.72. The molecule has 0 saturated carbocycles. The zero-order valence-corrected chi connectivity index (χ0v) is 11.1. The molecule has 1 fully saturated rings. The number of aromatic nitrogens is 1. The molecule has 1 aromatic heterocycles. The van der Waals surface area contributed by atoms with Gasteiger partial charge in [-0.1, -0.05) is 18.2 Å². The van der Waals surface area contributed by atoms with E-state index in [0.717, 1.165) is 5.56 Å². The number of hydrogen-bond acceptors (Lipinski definition) is 4. The van der Waals surface area contributed by atoms with Gasteiger partial charge in [-0.05, 0) is 18.6 Å². The Morgan fingerprint density at radius 3 is 2.90 bits per heavy atom. The highest BCUT2D eigenvalue weighted by Gasteiger charge is 2.32. The van der Waals surface area contributed by atoms with Crippen LogP contribution in [-0.4, -0.2) is 40.4 Å². The van der Waals surface area contributed by atoms with Crippen LogP contribution in [0.1, 0.15) is 12.2 Å². The minimum Gasteiger partial charge on any atom is -0.440 e. The van der Waals surface area contributed by atoms with E-state index in [2.05, 4.69) is 4.98 Å². The molecule has 0 spiro atoms. The Morgan fingerprint density at radius 1 is 1.35 bits per heavy atom. The van der Waals surface area contributed by atoms with Crippen LogP contribution in [0.15, 0.2) is 40.9 Å². The van der Waals surface area contributed by atoms with E-state index in [1.165, 1.54) is 0 Å². The van der Waals surface area contributed by atoms with Gasteiger partial charge in [0.2, 0.25) is 5.89 Å². The van der Waals surface area contributed by atoms with Crippen LogP contribution in [-0.2, 0) is 6.54 Å². The normalized spacial score (nSPS) is 23.3. The third-order valence-electron chi connectivity index (χ3n) is 3.62. The van der Waals surface area contributed by atoms with Crippen LogP contribution in [0.3, 0.4) is 0 Å². The van der Waals surface area contributed by atoms with Crippen molar-refractivity contribution in [2.45, 2.75) is 25.2 Å². The number of halogens is 1. The Morgan fingerprint density at radius 2 is 2.15 bits per heavy atom. The maximum atomic E-state index is 13.4. The third-order valence-corrected chi connectivity index (χ3v) is 3.62. The number of aliphatic hydroxyl groups excluding tert-OH is 1. The van der Waals surface area contributed by atoms with Crippen LogP contribution in [0.2, 0.25) is 0 Å². The predicted molar refractivity (Wildman–Crippen MR) is 72.7 cm³/mol. The highest BCUT2D eigenvalue weighted by atomic mass is 19.1. The molecule has 2 atom stereocenters. The first-order valence-corrected chi connectivity index (χ1v) is 6.75. The van der Waals surface area contributed by atoms with Crippen molar-refractivity contribution < 1.29 is 13.9 Å². The van der Waals surface area contributed by atoms with E-state index in [1.807, 2.05) is 35.2 Å². The number of benzene rings is 1. The minimum absolute atomic E-state index is 0.0277. The molecule has 1 N–H and O–H groups in total. The second kappa shape index (κ2) is 5.73. The molecule has 20 heavy (non-hydrogen) atoms. The molecule has 3 rings (SSSR count). The maximum Gasteiger partial charge on any atom is 0.226 e. The van der Waals surface area contributed by atoms with E-state index in [1.54, 1.807) is 6.20 Å². The topological polar surface area (TPSA) is 49.5 Å². The van der Waals surface area contributed by atoms with Crippen molar-refractivity contribution in [3.8, 4) is 11.5 Å². The van der Waals surface area contributed by atoms with Crippen LogP contribution in [0.4, 0.5) is 4.39 Å². The zero-order valence-electron chi connectivity index (χ0n) is 11.1. The maximum absolute atomic E-state index is 13.4. The van der Waals surface area contributed by atoms with Crippen molar-refractivity contribution in [1.82, 2.24) is 9.88 Å². The smallest absolute Gasteiger partial charge is 0.226 e. The van der Waals surface area contributed by atoms with Gasteiger partial charge in [0.05, 0.1) is 19.3 Å². The summed E-state index contributed by atoms with van der Waals surface area (Å²) in [6.07, 6.45) is 1.18. The second-order valence-corrected chi connectivity index (χ2v) is 5.10. The van der Waals surface area contributed by atoms with Crippen LogP contribution in [0.5, 0.6) is 0 Å². The van der Waals surface area contributed by atoms with Crippen molar-refractivity contribution in [1.29, 1.82) is 0 Å². The summed E-state index contributed by atoms with van der Waals surface area (Å²) >= 11 is 0. The third kappa shape index (κ3) is 2.73. The van der Waals surface area contributed by atoms with Gasteiger partial charge in [-0.3, -0.25) is 4.90 Å². The molecule has 0 radical (unpaired) electrons. The van der Waals surface area contributed by atoms with E-state index in [0.29, 0.717) is 31.2 Å². The number of hydrogen-bond donors (Lipinski definition) is 1. The van der Waals surface area contributed by atoms with Crippen LogP contribution >= 0.6 is 0 Å². The molecule has 0 bridgehead atoms. The van der Waals surface area contributed by atoms with Gasteiger partial charge in [0.15, 0.2) is 0 Å². The summed E-state index contributed by atoms with van der Waals surface area (Å²) in [6, 6.07) is 9.52. The van der Waals surface area contributed by atoms with E-state index < -0.39 is 6.17 Å². The van der Waals surface area contributed by atoms with Crippen molar-refractivity contribution in [3.63, 3.8) is 0 Å². The summed E-state index contributed by atoms with van der Waals surface area (Å²) < 4.78 is 19.1. The lowest BCUT2D eigenvalue weighted by Crippen LogP contribution is -2.31. The summed E-state index contributed by atoms with van der Waals surface area (Å²) in [7, 11) is 0. The molecule has 0 aliphatic carbocycles. The Kier molecular flexibility index (Phi) is 3.80. The molecular weight excluding hydrogens is 259 g/mol. The van der Waals surface area contributed by atoms with Gasteiger partial charge in [-0.15, -0.1) is 0 Å². The van der Waals surface area contributed by atoms with Gasteiger partial charge in [0.25, 0.3) is 0 Å². The van der Waals surface area contributed by atoms with Gasteiger partial charge in [-0.25, -0.2) is 9.37 Å². The Hall–Kier alpha value is -1.72. The molecule has 1 saturated heterocycles. The van der Waals surface area contributed by atoms with Gasteiger partial charge < -0.3 is 9.52 Å². The lowest BCUT2D eigenvalue weighted by atomic mass is 10.2. The fourth-order valence-corrected chi connectivity index (χ4v) is 2.60. The lowest BCUT2D eigenvalue weighted by Gasteiger charge is -2.20. The van der Waals surface area contributed by atoms with E-state index >= 15 is 0 Å². The largest absolute Gasteiger partial charge is 0.440 e. The van der Waals surface area contributed by atoms with Crippen molar-refractivity contribution in [3.05, 3.63) is 42.3 Å². The van der Waals surface area contributed by atoms with Gasteiger partial charge in [-0.2, -0.15) is 0 Å². The number of alkyl halides is 1. The van der Waals surface area contributed by atoms with Crippen LogP contribution < -0.4 is 0 Å². The number of aliphatic hydroxyl groups is 1. The minimum atomic E-state index is -0.872. The first-order valence-electron chi connectivity index (χ1n) is 6.75. The quantitative estimate of drug-likeness (QED) is 0.930. The van der Waals surface area contributed by atoms with E-state index in [-0.39, 0.29) is 12.6 Å². The second-order valence-electron chi connectivity index (χ2n) is 5.10. The number of likely N-dealkylation sites (tertiary alicyclic amines) is 1. The summed E-state index contributed by atoms with van der Waals surface area (Å²) in [5.41, 5.74) is 0.919. The SMILES string of the molecule is OC[C@@H]1C[C@H](F)CN1Cc1cnc(-c2ccccc2)o1. The zero-order chi connectivity index (χ0) is 13.9. The van der Waals surface area contributed by atoms with Gasteiger partial charge in [0.1, 0.15) is 11.9 Å². The Bertz CT molecular complexity index is 558. The fourth-order valence-electron chi connectivity index (χ4n) is 2.60. The molecule has 106 valence electrons. The summed E-state index contributed by atoms with van der Waals surface area (Å²) in [6.45, 7) is 0.790. The fraction of sp³-hybridized carbons (Fsp3) is 0.400. The van der Waals surface area contributed by atoms with E-state index in [4.69, 9.17) is 4.42 Å². The highest BCUT2D eigenvalue weighted by Crippen LogP contribution is 2.24. The lowest BCUT2D eigenvalue weighted by molar-refractivity contribution is 0.146. The molecule has 5 heteroatoms.